The third-order valence-electron chi connectivity index (χ3n) is 4.33. The fourth-order valence-corrected chi connectivity index (χ4v) is 2.74. The summed E-state index contributed by atoms with van der Waals surface area (Å²) < 4.78 is 10.9. The van der Waals surface area contributed by atoms with Crippen LogP contribution in [0.5, 0.6) is 0 Å². The van der Waals surface area contributed by atoms with E-state index in [1.54, 1.807) is 11.2 Å². The summed E-state index contributed by atoms with van der Waals surface area (Å²) in [4.78, 5) is 14.2. The topological polar surface area (TPSA) is 71.5 Å². The van der Waals surface area contributed by atoms with Crippen molar-refractivity contribution < 1.29 is 13.7 Å². The fraction of sp³-hybridized carbons (Fsp3) is 0.333. The van der Waals surface area contributed by atoms with Crippen LogP contribution in [0.15, 0.2) is 51.6 Å². The molecule has 0 aliphatic rings. The lowest BCUT2D eigenvalue weighted by Crippen LogP contribution is -2.42. The van der Waals surface area contributed by atoms with Gasteiger partial charge in [0, 0.05) is 17.7 Å². The van der Waals surface area contributed by atoms with Gasteiger partial charge in [0.1, 0.15) is 11.5 Å². The predicted molar refractivity (Wildman–Crippen MR) is 103 cm³/mol. The molecule has 0 aliphatic heterocycles. The normalized spacial score (nSPS) is 11.0. The zero-order chi connectivity index (χ0) is 19.4. The van der Waals surface area contributed by atoms with E-state index in [2.05, 4.69) is 36.5 Å². The first kappa shape index (κ1) is 18.8. The Balaban J connectivity index is 1.78. The van der Waals surface area contributed by atoms with Gasteiger partial charge in [-0.05, 0) is 57.0 Å². The first-order valence-electron chi connectivity index (χ1n) is 9.03. The Hall–Kier alpha value is -3.02. The van der Waals surface area contributed by atoms with Crippen molar-refractivity contribution in [3.63, 3.8) is 0 Å². The molecule has 0 atom stereocenters. The maximum Gasteiger partial charge on any atom is 0.318 e. The molecular formula is C21H25N3O3. The first-order valence-corrected chi connectivity index (χ1v) is 9.03. The highest BCUT2D eigenvalue weighted by Crippen LogP contribution is 2.23. The second kappa shape index (κ2) is 8.12. The van der Waals surface area contributed by atoms with E-state index < -0.39 is 0 Å². The second-order valence-corrected chi connectivity index (χ2v) is 7.02. The van der Waals surface area contributed by atoms with Gasteiger partial charge in [-0.15, -0.1) is 0 Å². The van der Waals surface area contributed by atoms with Gasteiger partial charge in [0.15, 0.2) is 5.76 Å². The molecule has 3 rings (SSSR count). The van der Waals surface area contributed by atoms with Crippen molar-refractivity contribution in [2.45, 2.75) is 46.8 Å². The summed E-state index contributed by atoms with van der Waals surface area (Å²) in [5.41, 5.74) is 4.09. The minimum atomic E-state index is -0.169. The molecule has 0 bridgehead atoms. The molecule has 0 aliphatic carbocycles. The number of carbonyl (C=O) groups excluding carboxylic acids is 1. The number of urea groups is 1. The second-order valence-electron chi connectivity index (χ2n) is 7.02. The van der Waals surface area contributed by atoms with Gasteiger partial charge in [0.05, 0.1) is 19.4 Å². The highest BCUT2D eigenvalue weighted by Gasteiger charge is 2.19. The van der Waals surface area contributed by atoms with E-state index >= 15 is 0 Å². The molecule has 0 saturated heterocycles. The van der Waals surface area contributed by atoms with Crippen LogP contribution in [0.1, 0.15) is 36.4 Å². The summed E-state index contributed by atoms with van der Waals surface area (Å²) in [6, 6.07) is 11.6. The zero-order valence-electron chi connectivity index (χ0n) is 16.2. The lowest BCUT2D eigenvalue weighted by molar-refractivity contribution is 0.183. The van der Waals surface area contributed by atoms with Gasteiger partial charge < -0.3 is 19.2 Å². The molecule has 0 radical (unpaired) electrons. The Labute approximate surface area is 159 Å². The van der Waals surface area contributed by atoms with Gasteiger partial charge in [-0.3, -0.25) is 0 Å². The van der Waals surface area contributed by atoms with E-state index in [-0.39, 0.29) is 12.1 Å². The Morgan fingerprint density at radius 1 is 1.15 bits per heavy atom. The van der Waals surface area contributed by atoms with Gasteiger partial charge in [-0.1, -0.05) is 17.3 Å². The number of nitrogens with one attached hydrogen (secondary N) is 1. The highest BCUT2D eigenvalue weighted by atomic mass is 16.5. The average Bonchev–Trinajstić information content (AvgIpc) is 3.28. The van der Waals surface area contributed by atoms with Gasteiger partial charge >= 0.3 is 6.03 Å². The minimum absolute atomic E-state index is 0.0417. The fourth-order valence-electron chi connectivity index (χ4n) is 2.74. The number of hydrogen-bond acceptors (Lipinski definition) is 4. The molecule has 2 amide bonds. The summed E-state index contributed by atoms with van der Waals surface area (Å²) >= 11 is 0. The minimum Gasteiger partial charge on any atom is -0.467 e. The molecule has 0 saturated carbocycles. The van der Waals surface area contributed by atoms with Crippen molar-refractivity contribution in [2.24, 2.45) is 0 Å². The predicted octanol–water partition coefficient (Wildman–Crippen LogP) is 4.67. The van der Waals surface area contributed by atoms with Crippen LogP contribution in [0.25, 0.3) is 11.3 Å². The van der Waals surface area contributed by atoms with Gasteiger partial charge in [-0.25, -0.2) is 4.79 Å². The monoisotopic (exact) mass is 367 g/mol. The molecule has 1 N–H and O–H groups in total. The van der Waals surface area contributed by atoms with Crippen LogP contribution in [0.2, 0.25) is 0 Å². The summed E-state index contributed by atoms with van der Waals surface area (Å²) in [7, 11) is 0. The maximum absolute atomic E-state index is 12.6. The van der Waals surface area contributed by atoms with Gasteiger partial charge in [-0.2, -0.15) is 0 Å². The van der Waals surface area contributed by atoms with Crippen molar-refractivity contribution in [2.75, 3.05) is 0 Å². The van der Waals surface area contributed by atoms with Crippen molar-refractivity contribution in [3.05, 3.63) is 65.2 Å². The number of aryl methyl sites for hydroxylation is 2. The van der Waals surface area contributed by atoms with Crippen LogP contribution in [-0.4, -0.2) is 22.1 Å². The smallest absolute Gasteiger partial charge is 0.318 e. The van der Waals surface area contributed by atoms with Crippen molar-refractivity contribution >= 4 is 6.03 Å². The van der Waals surface area contributed by atoms with Gasteiger partial charge in [0.2, 0.25) is 0 Å². The molecule has 0 unspecified atom stereocenters. The molecule has 2 heterocycles. The molecule has 0 spiro atoms. The van der Waals surface area contributed by atoms with Gasteiger partial charge in [0.25, 0.3) is 0 Å². The van der Waals surface area contributed by atoms with E-state index in [0.717, 1.165) is 5.56 Å². The van der Waals surface area contributed by atoms with Crippen molar-refractivity contribution in [3.8, 4) is 11.3 Å². The third-order valence-corrected chi connectivity index (χ3v) is 4.33. The SMILES string of the molecule is Cc1ccc(-c2cc(CN(Cc3ccco3)C(=O)NC(C)C)no2)cc1C. The molecule has 0 fully saturated rings. The molecule has 6 heteroatoms. The van der Waals surface area contributed by atoms with Crippen LogP contribution >= 0.6 is 0 Å². The standard InChI is InChI=1S/C21H25N3O3/c1-14(2)22-21(25)24(13-19-6-5-9-26-19)12-18-11-20(27-23-18)17-8-7-15(3)16(4)10-17/h5-11,14H,12-13H2,1-4H3,(H,22,25). The zero-order valence-corrected chi connectivity index (χ0v) is 16.2. The molecule has 142 valence electrons. The number of amides is 2. The molecule has 27 heavy (non-hydrogen) atoms. The van der Waals surface area contributed by atoms with Crippen LogP contribution in [-0.2, 0) is 13.1 Å². The summed E-state index contributed by atoms with van der Waals surface area (Å²) in [5, 5.41) is 7.06. The number of aromatic nitrogens is 1. The van der Waals surface area contributed by atoms with Crippen molar-refractivity contribution in [1.82, 2.24) is 15.4 Å². The van der Waals surface area contributed by atoms with Crippen LogP contribution < -0.4 is 5.32 Å². The summed E-state index contributed by atoms with van der Waals surface area (Å²) in [6.45, 7) is 8.68. The Bertz CT molecular complexity index is 897. The first-order chi connectivity index (χ1) is 12.9. The molecule has 6 nitrogen and oxygen atoms in total. The largest absolute Gasteiger partial charge is 0.467 e. The summed E-state index contributed by atoms with van der Waals surface area (Å²) in [6.07, 6.45) is 1.60. The van der Waals surface area contributed by atoms with E-state index in [1.807, 2.05) is 38.1 Å². The number of furan rings is 1. The van der Waals surface area contributed by atoms with E-state index in [9.17, 15) is 4.79 Å². The van der Waals surface area contributed by atoms with Crippen LogP contribution in [0.4, 0.5) is 4.79 Å². The van der Waals surface area contributed by atoms with E-state index in [0.29, 0.717) is 30.3 Å². The lowest BCUT2D eigenvalue weighted by Gasteiger charge is -2.22. The maximum atomic E-state index is 12.6. The number of carbonyl (C=O) groups is 1. The van der Waals surface area contributed by atoms with Crippen LogP contribution in [0.3, 0.4) is 0 Å². The number of rotatable bonds is 6. The third kappa shape index (κ3) is 4.78. The van der Waals surface area contributed by atoms with Crippen molar-refractivity contribution in [1.29, 1.82) is 0 Å². The Morgan fingerprint density at radius 3 is 2.63 bits per heavy atom. The number of nitrogens with zero attached hydrogens (tertiary/aromatic N) is 2. The number of hydrogen-bond donors (Lipinski definition) is 1. The molecule has 2 aromatic heterocycles. The van der Waals surface area contributed by atoms with E-state index in [4.69, 9.17) is 8.94 Å². The van der Waals surface area contributed by atoms with E-state index in [1.165, 1.54) is 11.1 Å². The average molecular weight is 367 g/mol. The Kier molecular flexibility index (Phi) is 5.64. The highest BCUT2D eigenvalue weighted by molar-refractivity contribution is 5.74. The van der Waals surface area contributed by atoms with Crippen LogP contribution in [0, 0.1) is 13.8 Å². The Morgan fingerprint density at radius 2 is 1.96 bits per heavy atom. The molecule has 1 aromatic carbocycles. The quantitative estimate of drug-likeness (QED) is 0.687. The summed E-state index contributed by atoms with van der Waals surface area (Å²) in [5.74, 6) is 1.40. The molecule has 3 aromatic rings. The molecular weight excluding hydrogens is 342 g/mol. The number of benzene rings is 1. The lowest BCUT2D eigenvalue weighted by atomic mass is 10.0.